The van der Waals surface area contributed by atoms with Crippen LogP contribution in [0.15, 0.2) is 6.07 Å². The molecule has 0 unspecified atom stereocenters. The number of ether oxygens (including phenoxy) is 2. The molecule has 2 aliphatic heterocycles. The molecule has 0 amide bonds. The molecule has 3 rings (SSSR count). The van der Waals surface area contributed by atoms with Crippen LogP contribution < -0.4 is 14.8 Å². The van der Waals surface area contributed by atoms with Gasteiger partial charge in [-0.1, -0.05) is 11.6 Å². The zero-order chi connectivity index (χ0) is 13.2. The summed E-state index contributed by atoms with van der Waals surface area (Å²) in [5, 5.41) is 13.7. The van der Waals surface area contributed by atoms with Crippen LogP contribution in [0.4, 0.5) is 0 Å². The van der Waals surface area contributed by atoms with Crippen LogP contribution in [0.3, 0.4) is 0 Å². The van der Waals surface area contributed by atoms with Gasteiger partial charge < -0.3 is 24.8 Å². The van der Waals surface area contributed by atoms with Crippen molar-refractivity contribution in [3.05, 3.63) is 16.7 Å². The number of benzene rings is 1. The van der Waals surface area contributed by atoms with Crippen LogP contribution in [-0.2, 0) is 6.42 Å². The average Bonchev–Trinajstić information content (AvgIpc) is 2.88. The number of piperazine rings is 1. The number of phenolic OH excluding ortho intramolecular Hbond substituents is 1. The van der Waals surface area contributed by atoms with Crippen LogP contribution in [-0.4, -0.2) is 49.5 Å². The van der Waals surface area contributed by atoms with Gasteiger partial charge in [0.2, 0.25) is 6.79 Å². The van der Waals surface area contributed by atoms with Crippen LogP contribution in [0.25, 0.3) is 0 Å². The number of nitrogens with zero attached hydrogens (tertiary/aromatic N) is 1. The van der Waals surface area contributed by atoms with Gasteiger partial charge in [0.05, 0.1) is 5.02 Å². The molecule has 0 bridgehead atoms. The van der Waals surface area contributed by atoms with Gasteiger partial charge in [-0.15, -0.1) is 0 Å². The summed E-state index contributed by atoms with van der Waals surface area (Å²) in [6, 6.07) is 1.60. The Morgan fingerprint density at radius 1 is 1.32 bits per heavy atom. The average molecular weight is 285 g/mol. The van der Waals surface area contributed by atoms with Crippen LogP contribution in [0.2, 0.25) is 5.02 Å². The van der Waals surface area contributed by atoms with E-state index in [4.69, 9.17) is 21.1 Å². The molecule has 0 saturated carbocycles. The lowest BCUT2D eigenvalue weighted by molar-refractivity contribution is 0.172. The van der Waals surface area contributed by atoms with Gasteiger partial charge in [0.15, 0.2) is 11.5 Å². The van der Waals surface area contributed by atoms with Crippen molar-refractivity contribution in [1.82, 2.24) is 10.2 Å². The summed E-state index contributed by atoms with van der Waals surface area (Å²) < 4.78 is 10.8. The van der Waals surface area contributed by atoms with E-state index in [9.17, 15) is 5.11 Å². The maximum Gasteiger partial charge on any atom is 0.231 e. The predicted octanol–water partition coefficient (Wildman–Crippen LogP) is 1.22. The number of aromatic hydroxyl groups is 1. The number of halogens is 1. The normalized spacial score (nSPS) is 18.8. The molecule has 1 aromatic carbocycles. The maximum atomic E-state index is 10.1. The first-order valence-corrected chi connectivity index (χ1v) is 6.86. The SMILES string of the molecule is Oc1c(Cl)cc2c(c1CCN1CCNCC1)OCO2. The first-order valence-electron chi connectivity index (χ1n) is 6.48. The van der Waals surface area contributed by atoms with Crippen LogP contribution >= 0.6 is 11.6 Å². The lowest BCUT2D eigenvalue weighted by Crippen LogP contribution is -2.44. The Kier molecular flexibility index (Phi) is 3.68. The van der Waals surface area contributed by atoms with Crippen molar-refractivity contribution < 1.29 is 14.6 Å². The fourth-order valence-corrected chi connectivity index (χ4v) is 2.72. The Balaban J connectivity index is 1.76. The number of phenols is 1. The van der Waals surface area contributed by atoms with E-state index in [0.29, 0.717) is 22.9 Å². The molecule has 6 heteroatoms. The second kappa shape index (κ2) is 5.45. The van der Waals surface area contributed by atoms with E-state index in [2.05, 4.69) is 10.2 Å². The first kappa shape index (κ1) is 12.8. The first-order chi connectivity index (χ1) is 9.25. The van der Waals surface area contributed by atoms with Crippen LogP contribution in [0, 0.1) is 0 Å². The summed E-state index contributed by atoms with van der Waals surface area (Å²) in [5.41, 5.74) is 0.749. The molecule has 5 nitrogen and oxygen atoms in total. The van der Waals surface area contributed by atoms with Gasteiger partial charge in [-0.05, 0) is 6.42 Å². The van der Waals surface area contributed by atoms with Gasteiger partial charge in [0.1, 0.15) is 5.75 Å². The quantitative estimate of drug-likeness (QED) is 0.874. The smallest absolute Gasteiger partial charge is 0.231 e. The highest BCUT2D eigenvalue weighted by Gasteiger charge is 2.24. The second-order valence-electron chi connectivity index (χ2n) is 4.76. The lowest BCUT2D eigenvalue weighted by Gasteiger charge is -2.27. The molecule has 0 aliphatic carbocycles. The molecular formula is C13H17ClN2O3. The Labute approximate surface area is 117 Å². The fraction of sp³-hybridized carbons (Fsp3) is 0.538. The maximum absolute atomic E-state index is 10.1. The van der Waals surface area contributed by atoms with Gasteiger partial charge >= 0.3 is 0 Å². The van der Waals surface area contributed by atoms with Crippen molar-refractivity contribution in [3.8, 4) is 17.2 Å². The highest BCUT2D eigenvalue weighted by atomic mass is 35.5. The topological polar surface area (TPSA) is 54.0 Å². The number of hydrogen-bond acceptors (Lipinski definition) is 5. The number of fused-ring (bicyclic) bond motifs is 1. The Bertz CT molecular complexity index is 475. The molecule has 1 saturated heterocycles. The molecular weight excluding hydrogens is 268 g/mol. The summed E-state index contributed by atoms with van der Waals surface area (Å²) in [6.45, 7) is 5.15. The largest absolute Gasteiger partial charge is 0.506 e. The van der Waals surface area contributed by atoms with Crippen molar-refractivity contribution in [2.24, 2.45) is 0 Å². The highest BCUT2D eigenvalue weighted by Crippen LogP contribution is 2.44. The van der Waals surface area contributed by atoms with E-state index in [1.54, 1.807) is 6.07 Å². The Morgan fingerprint density at radius 3 is 2.89 bits per heavy atom. The van der Waals surface area contributed by atoms with Gasteiger partial charge in [0, 0.05) is 44.4 Å². The molecule has 0 atom stereocenters. The van der Waals surface area contributed by atoms with E-state index < -0.39 is 0 Å². The highest BCUT2D eigenvalue weighted by molar-refractivity contribution is 6.32. The van der Waals surface area contributed by atoms with Crippen molar-refractivity contribution in [3.63, 3.8) is 0 Å². The van der Waals surface area contributed by atoms with Gasteiger partial charge in [-0.3, -0.25) is 0 Å². The Morgan fingerprint density at radius 2 is 2.11 bits per heavy atom. The molecule has 1 aromatic rings. The third kappa shape index (κ3) is 2.59. The predicted molar refractivity (Wildman–Crippen MR) is 72.3 cm³/mol. The molecule has 1 fully saturated rings. The minimum atomic E-state index is 0.112. The summed E-state index contributed by atoms with van der Waals surface area (Å²) >= 11 is 6.01. The van der Waals surface area contributed by atoms with Crippen LogP contribution in [0.1, 0.15) is 5.56 Å². The summed E-state index contributed by atoms with van der Waals surface area (Å²) in [4.78, 5) is 2.36. The summed E-state index contributed by atoms with van der Waals surface area (Å²) in [6.07, 6.45) is 0.706. The fourth-order valence-electron chi connectivity index (χ4n) is 2.50. The molecule has 0 aromatic heterocycles. The summed E-state index contributed by atoms with van der Waals surface area (Å²) in [7, 11) is 0. The minimum absolute atomic E-state index is 0.112. The molecule has 2 heterocycles. The zero-order valence-electron chi connectivity index (χ0n) is 10.6. The van der Waals surface area contributed by atoms with Crippen molar-refractivity contribution in [1.29, 1.82) is 0 Å². The molecule has 2 N–H and O–H groups in total. The van der Waals surface area contributed by atoms with E-state index in [-0.39, 0.29) is 12.5 Å². The van der Waals surface area contributed by atoms with Gasteiger partial charge in [0.25, 0.3) is 0 Å². The number of rotatable bonds is 3. The van der Waals surface area contributed by atoms with Gasteiger partial charge in [-0.2, -0.15) is 0 Å². The van der Waals surface area contributed by atoms with E-state index in [0.717, 1.165) is 38.3 Å². The standard InChI is InChI=1S/C13H17ClN2O3/c14-10-7-11-13(19-8-18-11)9(12(10)17)1-4-16-5-2-15-3-6-16/h7,15,17H,1-6,8H2. The lowest BCUT2D eigenvalue weighted by atomic mass is 10.1. The van der Waals surface area contributed by atoms with E-state index >= 15 is 0 Å². The molecule has 19 heavy (non-hydrogen) atoms. The number of hydrogen-bond donors (Lipinski definition) is 2. The minimum Gasteiger partial charge on any atom is -0.506 e. The zero-order valence-corrected chi connectivity index (χ0v) is 11.4. The number of nitrogens with one attached hydrogen (secondary N) is 1. The third-order valence-electron chi connectivity index (χ3n) is 3.57. The summed E-state index contributed by atoms with van der Waals surface area (Å²) in [5.74, 6) is 1.37. The van der Waals surface area contributed by atoms with Crippen molar-refractivity contribution in [2.75, 3.05) is 39.5 Å². The molecule has 0 spiro atoms. The monoisotopic (exact) mass is 284 g/mol. The second-order valence-corrected chi connectivity index (χ2v) is 5.17. The molecule has 104 valence electrons. The van der Waals surface area contributed by atoms with E-state index in [1.165, 1.54) is 0 Å². The van der Waals surface area contributed by atoms with Crippen LogP contribution in [0.5, 0.6) is 17.2 Å². The van der Waals surface area contributed by atoms with Crippen molar-refractivity contribution in [2.45, 2.75) is 6.42 Å². The third-order valence-corrected chi connectivity index (χ3v) is 3.86. The molecule has 0 radical (unpaired) electrons. The van der Waals surface area contributed by atoms with Gasteiger partial charge in [-0.25, -0.2) is 0 Å². The van der Waals surface area contributed by atoms with E-state index in [1.807, 2.05) is 0 Å². The molecule has 2 aliphatic rings. The van der Waals surface area contributed by atoms with Crippen molar-refractivity contribution >= 4 is 11.6 Å². The Hall–Kier alpha value is -1.17.